The fraction of sp³-hybridized carbons (Fsp3) is 0.308. The van der Waals surface area contributed by atoms with E-state index in [-0.39, 0.29) is 0 Å². The maximum Gasteiger partial charge on any atom is -0.0114 e. The topological polar surface area (TPSA) is 0 Å². The minimum atomic E-state index is 1.05. The van der Waals surface area contributed by atoms with E-state index >= 15 is 0 Å². The monoisotopic (exact) mass is 344 g/mol. The van der Waals surface area contributed by atoms with Crippen molar-refractivity contribution in [2.45, 2.75) is 53.9 Å². The van der Waals surface area contributed by atoms with Gasteiger partial charge in [-0.1, -0.05) is 101 Å². The summed E-state index contributed by atoms with van der Waals surface area (Å²) in [6.07, 6.45) is 3.19. The summed E-state index contributed by atoms with van der Waals surface area (Å²) in [6.45, 7) is 10.8. The van der Waals surface area contributed by atoms with E-state index in [0.29, 0.717) is 0 Å². The van der Waals surface area contributed by atoms with Crippen molar-refractivity contribution in [1.29, 1.82) is 0 Å². The van der Waals surface area contributed by atoms with Crippen molar-refractivity contribution in [3.8, 4) is 22.3 Å². The van der Waals surface area contributed by atoms with Gasteiger partial charge in [0.15, 0.2) is 0 Å². The highest BCUT2D eigenvalue weighted by Gasteiger charge is 2.17. The molecule has 0 saturated heterocycles. The Kier molecular flexibility index (Phi) is 7.66. The Morgan fingerprint density at radius 1 is 0.538 bits per heavy atom. The van der Waals surface area contributed by atoms with Gasteiger partial charge in [0.05, 0.1) is 0 Å². The fourth-order valence-corrected chi connectivity index (χ4v) is 3.71. The quantitative estimate of drug-likeness (QED) is 0.444. The predicted molar refractivity (Wildman–Crippen MR) is 117 cm³/mol. The van der Waals surface area contributed by atoms with Crippen LogP contribution in [0, 0.1) is 0 Å². The molecule has 0 aliphatic carbocycles. The Labute approximate surface area is 159 Å². The number of aryl methyl sites for hydroxylation is 2. The smallest absolute Gasteiger partial charge is 0.0114 e. The van der Waals surface area contributed by atoms with E-state index in [1.807, 2.05) is 13.8 Å². The highest BCUT2D eigenvalue weighted by atomic mass is 14.2. The Bertz CT molecular complexity index is 733. The zero-order valence-electron chi connectivity index (χ0n) is 17.0. The van der Waals surface area contributed by atoms with Gasteiger partial charge in [0.25, 0.3) is 0 Å². The van der Waals surface area contributed by atoms with Gasteiger partial charge in [-0.3, -0.25) is 0 Å². The van der Waals surface area contributed by atoms with Crippen LogP contribution in [0.25, 0.3) is 22.3 Å². The molecule has 0 bridgehead atoms. The zero-order valence-corrected chi connectivity index (χ0v) is 17.0. The molecule has 0 heterocycles. The largest absolute Gasteiger partial charge is 0.0683 e. The molecule has 3 aromatic rings. The summed E-state index contributed by atoms with van der Waals surface area (Å²) >= 11 is 0. The van der Waals surface area contributed by atoms with Crippen LogP contribution in [0.4, 0.5) is 0 Å². The number of hydrogen-bond donors (Lipinski definition) is 0. The Morgan fingerprint density at radius 2 is 0.923 bits per heavy atom. The van der Waals surface area contributed by atoms with Gasteiger partial charge < -0.3 is 0 Å². The van der Waals surface area contributed by atoms with Crippen molar-refractivity contribution in [2.75, 3.05) is 0 Å². The third-order valence-electron chi connectivity index (χ3n) is 4.83. The van der Waals surface area contributed by atoms with Gasteiger partial charge in [-0.15, -0.1) is 0 Å². The SMILES string of the molecule is CC.CCc1cc(CC)c(-c2ccccc2)c(CC)c1-c1ccccc1. The lowest BCUT2D eigenvalue weighted by atomic mass is 9.82. The van der Waals surface area contributed by atoms with Gasteiger partial charge >= 0.3 is 0 Å². The van der Waals surface area contributed by atoms with Gasteiger partial charge in [-0.2, -0.15) is 0 Å². The summed E-state index contributed by atoms with van der Waals surface area (Å²) in [4.78, 5) is 0. The summed E-state index contributed by atoms with van der Waals surface area (Å²) < 4.78 is 0. The molecule has 3 rings (SSSR count). The zero-order chi connectivity index (χ0) is 18.9. The second-order valence-electron chi connectivity index (χ2n) is 6.22. The minimum absolute atomic E-state index is 1.05. The van der Waals surface area contributed by atoms with E-state index in [1.54, 1.807) is 0 Å². The molecule has 3 aromatic carbocycles. The van der Waals surface area contributed by atoms with Crippen LogP contribution in [-0.4, -0.2) is 0 Å². The number of benzene rings is 3. The molecule has 0 aliphatic heterocycles. The van der Waals surface area contributed by atoms with E-state index in [4.69, 9.17) is 0 Å². The number of hydrogen-bond acceptors (Lipinski definition) is 0. The molecule has 0 atom stereocenters. The summed E-state index contributed by atoms with van der Waals surface area (Å²) in [5, 5.41) is 0. The first-order valence-corrected chi connectivity index (χ1v) is 10.1. The maximum atomic E-state index is 2.43. The van der Waals surface area contributed by atoms with Crippen molar-refractivity contribution in [3.05, 3.63) is 83.4 Å². The number of rotatable bonds is 5. The van der Waals surface area contributed by atoms with E-state index in [1.165, 1.54) is 38.9 Å². The molecule has 0 nitrogen and oxygen atoms in total. The minimum Gasteiger partial charge on any atom is -0.0683 e. The first-order chi connectivity index (χ1) is 12.8. The van der Waals surface area contributed by atoms with Crippen molar-refractivity contribution in [2.24, 2.45) is 0 Å². The Hall–Kier alpha value is -2.34. The van der Waals surface area contributed by atoms with E-state index in [0.717, 1.165) is 19.3 Å². The van der Waals surface area contributed by atoms with Crippen LogP contribution in [0.5, 0.6) is 0 Å². The van der Waals surface area contributed by atoms with Crippen molar-refractivity contribution in [3.63, 3.8) is 0 Å². The lowest BCUT2D eigenvalue weighted by Crippen LogP contribution is -2.02. The van der Waals surface area contributed by atoms with Gasteiger partial charge in [-0.05, 0) is 58.2 Å². The summed E-state index contributed by atoms with van der Waals surface area (Å²) in [7, 11) is 0. The first kappa shape index (κ1) is 20.0. The summed E-state index contributed by atoms with van der Waals surface area (Å²) in [6, 6.07) is 24.2. The fourth-order valence-electron chi connectivity index (χ4n) is 3.71. The van der Waals surface area contributed by atoms with Crippen molar-refractivity contribution in [1.82, 2.24) is 0 Å². The van der Waals surface area contributed by atoms with Gasteiger partial charge in [0, 0.05) is 0 Å². The lowest BCUT2D eigenvalue weighted by molar-refractivity contribution is 1.05. The molecule has 0 unspecified atom stereocenters. The normalized spacial score (nSPS) is 10.2. The van der Waals surface area contributed by atoms with Gasteiger partial charge in [0.1, 0.15) is 0 Å². The average molecular weight is 345 g/mol. The van der Waals surface area contributed by atoms with Gasteiger partial charge in [-0.25, -0.2) is 0 Å². The van der Waals surface area contributed by atoms with Crippen LogP contribution in [0.3, 0.4) is 0 Å². The van der Waals surface area contributed by atoms with Crippen LogP contribution in [-0.2, 0) is 19.3 Å². The highest BCUT2D eigenvalue weighted by molar-refractivity contribution is 5.83. The molecule has 0 amide bonds. The van der Waals surface area contributed by atoms with E-state index < -0.39 is 0 Å². The third-order valence-corrected chi connectivity index (χ3v) is 4.83. The van der Waals surface area contributed by atoms with E-state index in [9.17, 15) is 0 Å². The molecule has 0 spiro atoms. The van der Waals surface area contributed by atoms with E-state index in [2.05, 4.69) is 87.5 Å². The van der Waals surface area contributed by atoms with Crippen LogP contribution < -0.4 is 0 Å². The first-order valence-electron chi connectivity index (χ1n) is 10.1. The molecule has 0 aromatic heterocycles. The Balaban J connectivity index is 0.00000117. The second-order valence-corrected chi connectivity index (χ2v) is 6.22. The lowest BCUT2D eigenvalue weighted by Gasteiger charge is -2.22. The van der Waals surface area contributed by atoms with Crippen LogP contribution in [0.15, 0.2) is 66.7 Å². The molecule has 0 fully saturated rings. The predicted octanol–water partition coefficient (Wildman–Crippen LogP) is 7.73. The van der Waals surface area contributed by atoms with Crippen LogP contribution in [0.1, 0.15) is 51.3 Å². The molecule has 0 heteroatoms. The molecule has 136 valence electrons. The summed E-state index contributed by atoms with van der Waals surface area (Å²) in [5.74, 6) is 0. The summed E-state index contributed by atoms with van der Waals surface area (Å²) in [5.41, 5.74) is 9.98. The molecule has 26 heavy (non-hydrogen) atoms. The second kappa shape index (κ2) is 9.97. The van der Waals surface area contributed by atoms with Crippen LogP contribution >= 0.6 is 0 Å². The van der Waals surface area contributed by atoms with Crippen LogP contribution in [0.2, 0.25) is 0 Å². The van der Waals surface area contributed by atoms with Crippen molar-refractivity contribution >= 4 is 0 Å². The maximum absolute atomic E-state index is 2.43. The third kappa shape index (κ3) is 4.07. The Morgan fingerprint density at radius 3 is 1.23 bits per heavy atom. The molecule has 0 radical (unpaired) electrons. The molecule has 0 saturated carbocycles. The molecular formula is C26H32. The molecule has 0 aliphatic rings. The molecular weight excluding hydrogens is 312 g/mol. The van der Waals surface area contributed by atoms with Crippen molar-refractivity contribution < 1.29 is 0 Å². The van der Waals surface area contributed by atoms with Gasteiger partial charge in [0.2, 0.25) is 0 Å². The average Bonchev–Trinajstić information content (AvgIpc) is 2.74. The molecule has 0 N–H and O–H groups in total. The highest BCUT2D eigenvalue weighted by Crippen LogP contribution is 2.38. The standard InChI is InChI=1S/C24H26.C2H6/c1-4-18-17-19(5-2)24(21-15-11-8-12-16-21)22(6-3)23(18)20-13-9-7-10-14-20;1-2/h7-17H,4-6H2,1-3H3;1-2H3.